The van der Waals surface area contributed by atoms with Crippen molar-refractivity contribution < 1.29 is 24.3 Å². The van der Waals surface area contributed by atoms with Gasteiger partial charge in [0.15, 0.2) is 0 Å². The predicted octanol–water partition coefficient (Wildman–Crippen LogP) is 0.0570. The molecule has 1 atom stereocenters. The average molecular weight is 361 g/mol. The standard InChI is InChI=1S/C18H23N3O5/c1-12(22)19-8-9-20-16(23)6-7-17(24)21-11-14-5-3-2-4-13(14)10-15(21)18(25)26/h2-5,15H,6-11H2,1H3,(H,19,22)(H,20,23)(H,25,26). The molecule has 0 spiro atoms. The first-order chi connectivity index (χ1) is 12.4. The number of rotatable bonds is 7. The van der Waals surface area contributed by atoms with Crippen LogP contribution in [0.5, 0.6) is 0 Å². The number of carboxylic acids is 1. The fourth-order valence-electron chi connectivity index (χ4n) is 2.90. The number of fused-ring (bicyclic) bond motifs is 1. The molecule has 0 saturated heterocycles. The van der Waals surface area contributed by atoms with Gasteiger partial charge in [-0.15, -0.1) is 0 Å². The number of carbonyl (C=O) groups excluding carboxylic acids is 3. The van der Waals surface area contributed by atoms with E-state index in [1.807, 2.05) is 24.3 Å². The zero-order valence-corrected chi connectivity index (χ0v) is 14.7. The van der Waals surface area contributed by atoms with Crippen molar-refractivity contribution in [2.24, 2.45) is 0 Å². The van der Waals surface area contributed by atoms with Gasteiger partial charge in [-0.25, -0.2) is 4.79 Å². The van der Waals surface area contributed by atoms with Crippen LogP contribution in [0.3, 0.4) is 0 Å². The Kier molecular flexibility index (Phi) is 6.71. The Morgan fingerprint density at radius 2 is 1.73 bits per heavy atom. The number of carbonyl (C=O) groups is 4. The third-order valence-electron chi connectivity index (χ3n) is 4.24. The summed E-state index contributed by atoms with van der Waals surface area (Å²) in [5, 5.41) is 14.6. The Balaban J connectivity index is 1.88. The molecule has 0 fully saturated rings. The molecule has 1 heterocycles. The van der Waals surface area contributed by atoms with Crippen molar-refractivity contribution in [1.29, 1.82) is 0 Å². The van der Waals surface area contributed by atoms with Crippen LogP contribution < -0.4 is 10.6 Å². The molecule has 1 aromatic carbocycles. The van der Waals surface area contributed by atoms with Crippen molar-refractivity contribution >= 4 is 23.7 Å². The molecule has 3 N–H and O–H groups in total. The van der Waals surface area contributed by atoms with Crippen LogP contribution in [0.25, 0.3) is 0 Å². The van der Waals surface area contributed by atoms with Crippen LogP contribution in [0.1, 0.15) is 30.9 Å². The first-order valence-electron chi connectivity index (χ1n) is 8.48. The molecule has 3 amide bonds. The number of hydrogen-bond acceptors (Lipinski definition) is 4. The zero-order chi connectivity index (χ0) is 19.1. The van der Waals surface area contributed by atoms with Gasteiger partial charge in [-0.2, -0.15) is 0 Å². The predicted molar refractivity (Wildman–Crippen MR) is 93.0 cm³/mol. The molecular weight excluding hydrogens is 338 g/mol. The van der Waals surface area contributed by atoms with Gasteiger partial charge < -0.3 is 20.6 Å². The second-order valence-corrected chi connectivity index (χ2v) is 6.18. The van der Waals surface area contributed by atoms with Crippen LogP contribution in [0.2, 0.25) is 0 Å². The van der Waals surface area contributed by atoms with Crippen molar-refractivity contribution in [1.82, 2.24) is 15.5 Å². The molecule has 0 radical (unpaired) electrons. The summed E-state index contributed by atoms with van der Waals surface area (Å²) < 4.78 is 0. The first-order valence-corrected chi connectivity index (χ1v) is 8.48. The largest absolute Gasteiger partial charge is 0.480 e. The smallest absolute Gasteiger partial charge is 0.326 e. The van der Waals surface area contributed by atoms with Gasteiger partial charge in [0.2, 0.25) is 17.7 Å². The fourth-order valence-corrected chi connectivity index (χ4v) is 2.90. The highest BCUT2D eigenvalue weighted by molar-refractivity contribution is 5.87. The lowest BCUT2D eigenvalue weighted by Gasteiger charge is -2.34. The highest BCUT2D eigenvalue weighted by atomic mass is 16.4. The van der Waals surface area contributed by atoms with Gasteiger partial charge in [0.05, 0.1) is 0 Å². The molecular formula is C18H23N3O5. The lowest BCUT2D eigenvalue weighted by atomic mass is 9.93. The number of nitrogens with one attached hydrogen (secondary N) is 2. The minimum absolute atomic E-state index is 0.0244. The second-order valence-electron chi connectivity index (χ2n) is 6.18. The molecule has 1 aromatic rings. The average Bonchev–Trinajstić information content (AvgIpc) is 2.61. The summed E-state index contributed by atoms with van der Waals surface area (Å²) in [6, 6.07) is 6.53. The number of benzene rings is 1. The van der Waals surface area contributed by atoms with E-state index in [9.17, 15) is 24.3 Å². The third-order valence-corrected chi connectivity index (χ3v) is 4.24. The molecule has 8 nitrogen and oxygen atoms in total. The van der Waals surface area contributed by atoms with E-state index in [1.54, 1.807) is 0 Å². The first kappa shape index (κ1) is 19.4. The van der Waals surface area contributed by atoms with Crippen LogP contribution in [0.4, 0.5) is 0 Å². The third kappa shape index (κ3) is 5.30. The molecule has 0 aliphatic carbocycles. The van der Waals surface area contributed by atoms with Crippen molar-refractivity contribution in [3.8, 4) is 0 Å². The Morgan fingerprint density at radius 1 is 1.08 bits per heavy atom. The van der Waals surface area contributed by atoms with E-state index in [2.05, 4.69) is 10.6 Å². The fraction of sp³-hybridized carbons (Fsp3) is 0.444. The number of aliphatic carboxylic acids is 1. The molecule has 26 heavy (non-hydrogen) atoms. The van der Waals surface area contributed by atoms with E-state index in [0.717, 1.165) is 11.1 Å². The molecule has 0 saturated carbocycles. The zero-order valence-electron chi connectivity index (χ0n) is 14.7. The van der Waals surface area contributed by atoms with E-state index in [1.165, 1.54) is 11.8 Å². The molecule has 0 bridgehead atoms. The SMILES string of the molecule is CC(=O)NCCNC(=O)CCC(=O)N1Cc2ccccc2CC1C(=O)O. The minimum Gasteiger partial charge on any atom is -0.480 e. The summed E-state index contributed by atoms with van der Waals surface area (Å²) in [5.74, 6) is -1.90. The Morgan fingerprint density at radius 3 is 2.38 bits per heavy atom. The van der Waals surface area contributed by atoms with Crippen molar-refractivity contribution in [2.75, 3.05) is 13.1 Å². The monoisotopic (exact) mass is 361 g/mol. The van der Waals surface area contributed by atoms with E-state index >= 15 is 0 Å². The van der Waals surface area contributed by atoms with Gasteiger partial charge >= 0.3 is 5.97 Å². The molecule has 2 rings (SSSR count). The second kappa shape index (κ2) is 8.98. The minimum atomic E-state index is -1.05. The topological polar surface area (TPSA) is 116 Å². The maximum Gasteiger partial charge on any atom is 0.326 e. The van der Waals surface area contributed by atoms with Crippen molar-refractivity contribution in [2.45, 2.75) is 38.8 Å². The lowest BCUT2D eigenvalue weighted by molar-refractivity contribution is -0.151. The van der Waals surface area contributed by atoms with Gasteiger partial charge in [-0.1, -0.05) is 24.3 Å². The van der Waals surface area contributed by atoms with Gasteiger partial charge in [-0.3, -0.25) is 14.4 Å². The number of carboxylic acid groups (broad SMARTS) is 1. The van der Waals surface area contributed by atoms with Crippen LogP contribution in [0, 0.1) is 0 Å². The van der Waals surface area contributed by atoms with Crippen LogP contribution in [-0.2, 0) is 32.1 Å². The molecule has 0 aromatic heterocycles. The van der Waals surface area contributed by atoms with E-state index in [0.29, 0.717) is 6.54 Å². The maximum atomic E-state index is 12.5. The Labute approximate surface area is 151 Å². The molecule has 8 heteroatoms. The molecule has 1 aliphatic rings. The van der Waals surface area contributed by atoms with Crippen molar-refractivity contribution in [3.05, 3.63) is 35.4 Å². The van der Waals surface area contributed by atoms with Gasteiger partial charge in [-0.05, 0) is 11.1 Å². The van der Waals surface area contributed by atoms with Crippen LogP contribution in [-0.4, -0.2) is 52.8 Å². The summed E-state index contributed by atoms with van der Waals surface area (Å²) in [6.45, 7) is 2.21. The molecule has 1 aliphatic heterocycles. The van der Waals surface area contributed by atoms with Crippen LogP contribution in [0.15, 0.2) is 24.3 Å². The summed E-state index contributed by atoms with van der Waals surface area (Å²) in [6.07, 6.45) is 0.182. The summed E-state index contributed by atoms with van der Waals surface area (Å²) in [7, 11) is 0. The van der Waals surface area contributed by atoms with Gasteiger partial charge in [0.25, 0.3) is 0 Å². The van der Waals surface area contributed by atoms with Crippen molar-refractivity contribution in [3.63, 3.8) is 0 Å². The number of hydrogen-bond donors (Lipinski definition) is 3. The highest BCUT2D eigenvalue weighted by Crippen LogP contribution is 2.24. The lowest BCUT2D eigenvalue weighted by Crippen LogP contribution is -2.48. The molecule has 1 unspecified atom stereocenters. The van der Waals surface area contributed by atoms with Gasteiger partial charge in [0, 0.05) is 45.8 Å². The summed E-state index contributed by atoms with van der Waals surface area (Å²) in [4.78, 5) is 47.8. The number of nitrogens with zero attached hydrogens (tertiary/aromatic N) is 1. The Hall–Kier alpha value is -2.90. The quantitative estimate of drug-likeness (QED) is 0.594. The Bertz CT molecular complexity index is 704. The maximum absolute atomic E-state index is 12.5. The molecule has 140 valence electrons. The van der Waals surface area contributed by atoms with E-state index < -0.39 is 12.0 Å². The summed E-state index contributed by atoms with van der Waals surface area (Å²) in [5.41, 5.74) is 1.86. The van der Waals surface area contributed by atoms with Gasteiger partial charge in [0.1, 0.15) is 6.04 Å². The normalized spacial score (nSPS) is 15.7. The van der Waals surface area contributed by atoms with E-state index in [-0.39, 0.29) is 50.1 Å². The van der Waals surface area contributed by atoms with E-state index in [4.69, 9.17) is 0 Å². The summed E-state index contributed by atoms with van der Waals surface area (Å²) >= 11 is 0. The number of amides is 3. The highest BCUT2D eigenvalue weighted by Gasteiger charge is 2.34. The van der Waals surface area contributed by atoms with Crippen LogP contribution >= 0.6 is 0 Å².